The van der Waals surface area contributed by atoms with Crippen LogP contribution in [0.3, 0.4) is 0 Å². The van der Waals surface area contributed by atoms with Gasteiger partial charge in [0.15, 0.2) is 0 Å². The number of piperidine rings is 1. The lowest BCUT2D eigenvalue weighted by molar-refractivity contribution is -0.156. The lowest BCUT2D eigenvalue weighted by Gasteiger charge is -2.36. The minimum Gasteiger partial charge on any atom is -0.496 e. The first kappa shape index (κ1) is 27.3. The normalized spacial score (nSPS) is 15.5. The van der Waals surface area contributed by atoms with Crippen LogP contribution in [-0.2, 0) is 11.3 Å². The van der Waals surface area contributed by atoms with Gasteiger partial charge in [0.1, 0.15) is 5.75 Å². The molecule has 4 heterocycles. The van der Waals surface area contributed by atoms with E-state index in [1.54, 1.807) is 29.8 Å². The minimum atomic E-state index is -3.38. The molecule has 4 rings (SSSR count). The standard InChI is InChI=1S/C27H33F2N5O4/c1-15-13-21(38-5)19(24(35)32-15)14-30-25(36)22-17(3)23(34-20(22)7-6-10-31-34)16(2)18-8-11-33(12-9-18)26(37)27(4,28)29/h6-7,10,13,16,18H,8-9,11-12,14H2,1-5H3,(H,30,36)(H,32,35). The molecule has 2 amide bonds. The summed E-state index contributed by atoms with van der Waals surface area (Å²) in [5, 5.41) is 7.36. The molecule has 1 unspecified atom stereocenters. The van der Waals surface area contributed by atoms with Crippen LogP contribution in [0.25, 0.3) is 5.52 Å². The maximum absolute atomic E-state index is 13.5. The molecule has 11 heteroatoms. The molecule has 0 aromatic carbocycles. The molecule has 0 radical (unpaired) electrons. The summed E-state index contributed by atoms with van der Waals surface area (Å²) in [5.41, 5.74) is 3.35. The van der Waals surface area contributed by atoms with Crippen molar-refractivity contribution in [3.05, 3.63) is 62.8 Å². The number of rotatable bonds is 7. The number of nitrogens with one attached hydrogen (secondary N) is 2. The number of likely N-dealkylation sites (tertiary alicyclic amines) is 1. The Balaban J connectivity index is 1.58. The average molecular weight is 530 g/mol. The molecule has 0 spiro atoms. The third-order valence-electron chi connectivity index (χ3n) is 7.44. The number of hydrogen-bond acceptors (Lipinski definition) is 5. The SMILES string of the molecule is COc1cc(C)[nH]c(=O)c1CNC(=O)c1c(C)c(C(C)C2CCN(C(=O)C(C)(F)F)CC2)n2ncccc12. The van der Waals surface area contributed by atoms with Crippen molar-refractivity contribution < 1.29 is 23.1 Å². The van der Waals surface area contributed by atoms with E-state index in [0.717, 1.165) is 11.3 Å². The predicted octanol–water partition coefficient (Wildman–Crippen LogP) is 3.58. The fourth-order valence-corrected chi connectivity index (χ4v) is 5.45. The quantitative estimate of drug-likeness (QED) is 0.487. The van der Waals surface area contributed by atoms with Gasteiger partial charge in [0.2, 0.25) is 0 Å². The molecular formula is C27H33F2N5O4. The number of halogens is 2. The third-order valence-corrected chi connectivity index (χ3v) is 7.44. The second kappa shape index (κ2) is 10.5. The maximum Gasteiger partial charge on any atom is 0.322 e. The number of aryl methyl sites for hydroxylation is 1. The van der Waals surface area contributed by atoms with Gasteiger partial charge in [-0.15, -0.1) is 0 Å². The number of amides is 2. The number of fused-ring (bicyclic) bond motifs is 1. The van der Waals surface area contributed by atoms with E-state index in [0.29, 0.717) is 47.9 Å². The highest BCUT2D eigenvalue weighted by Crippen LogP contribution is 2.37. The van der Waals surface area contributed by atoms with Crippen molar-refractivity contribution in [2.24, 2.45) is 5.92 Å². The number of H-pyrrole nitrogens is 1. The number of methoxy groups -OCH3 is 1. The fourth-order valence-electron chi connectivity index (χ4n) is 5.45. The summed E-state index contributed by atoms with van der Waals surface area (Å²) >= 11 is 0. The van der Waals surface area contributed by atoms with Crippen LogP contribution in [0.5, 0.6) is 5.75 Å². The Morgan fingerprint density at radius 3 is 2.61 bits per heavy atom. The van der Waals surface area contributed by atoms with Crippen molar-refractivity contribution in [1.29, 1.82) is 0 Å². The second-order valence-electron chi connectivity index (χ2n) is 10.0. The molecule has 9 nitrogen and oxygen atoms in total. The van der Waals surface area contributed by atoms with Gasteiger partial charge in [0.25, 0.3) is 17.4 Å². The topological polar surface area (TPSA) is 109 Å². The highest BCUT2D eigenvalue weighted by atomic mass is 19.3. The molecule has 1 fully saturated rings. The summed E-state index contributed by atoms with van der Waals surface area (Å²) in [6.07, 6.45) is 2.78. The van der Waals surface area contributed by atoms with Crippen molar-refractivity contribution in [2.45, 2.75) is 58.9 Å². The number of nitrogens with zero attached hydrogens (tertiary/aromatic N) is 3. The number of aromatic amines is 1. The van der Waals surface area contributed by atoms with Gasteiger partial charge in [-0.2, -0.15) is 13.9 Å². The summed E-state index contributed by atoms with van der Waals surface area (Å²) in [7, 11) is 1.47. The Bertz CT molecular complexity index is 1420. The minimum absolute atomic E-state index is 0.0197. The van der Waals surface area contributed by atoms with Gasteiger partial charge in [0, 0.05) is 43.5 Å². The highest BCUT2D eigenvalue weighted by Gasteiger charge is 2.39. The predicted molar refractivity (Wildman–Crippen MR) is 138 cm³/mol. The number of aromatic nitrogens is 3. The molecule has 2 N–H and O–H groups in total. The van der Waals surface area contributed by atoms with Crippen molar-refractivity contribution >= 4 is 17.3 Å². The smallest absolute Gasteiger partial charge is 0.322 e. The van der Waals surface area contributed by atoms with E-state index >= 15 is 0 Å². The van der Waals surface area contributed by atoms with Crippen molar-refractivity contribution in [3.63, 3.8) is 0 Å². The summed E-state index contributed by atoms with van der Waals surface area (Å²) in [4.78, 5) is 41.9. The Morgan fingerprint density at radius 1 is 1.29 bits per heavy atom. The first-order valence-corrected chi connectivity index (χ1v) is 12.6. The molecule has 3 aromatic rings. The Kier molecular flexibility index (Phi) is 7.57. The third kappa shape index (κ3) is 5.14. The molecule has 0 aliphatic carbocycles. The largest absolute Gasteiger partial charge is 0.496 e. The van der Waals surface area contributed by atoms with E-state index in [1.807, 2.05) is 19.9 Å². The summed E-state index contributed by atoms with van der Waals surface area (Å²) in [6, 6.07) is 5.27. The van der Waals surface area contributed by atoms with Gasteiger partial charge in [0.05, 0.1) is 30.3 Å². The molecular weight excluding hydrogens is 496 g/mol. The number of hydrogen-bond donors (Lipinski definition) is 2. The van der Waals surface area contributed by atoms with Gasteiger partial charge >= 0.3 is 5.92 Å². The molecule has 1 saturated heterocycles. The zero-order chi connectivity index (χ0) is 27.8. The number of carbonyl (C=O) groups excluding carboxylic acids is 2. The van der Waals surface area contributed by atoms with E-state index in [4.69, 9.17) is 4.74 Å². The fraction of sp³-hybridized carbons (Fsp3) is 0.481. The van der Waals surface area contributed by atoms with Crippen LogP contribution in [0.1, 0.15) is 65.5 Å². The van der Waals surface area contributed by atoms with Crippen LogP contribution in [-0.4, -0.2) is 57.4 Å². The molecule has 0 saturated carbocycles. The van der Waals surface area contributed by atoms with Gasteiger partial charge in [-0.25, -0.2) is 4.52 Å². The summed E-state index contributed by atoms with van der Waals surface area (Å²) in [5.74, 6) is -4.40. The average Bonchev–Trinajstić information content (AvgIpc) is 3.17. The first-order valence-electron chi connectivity index (χ1n) is 12.6. The van der Waals surface area contributed by atoms with Crippen LogP contribution in [0.4, 0.5) is 8.78 Å². The molecule has 3 aromatic heterocycles. The number of alkyl halides is 2. The Morgan fingerprint density at radius 2 is 1.97 bits per heavy atom. The Hall–Kier alpha value is -3.76. The molecule has 38 heavy (non-hydrogen) atoms. The van der Waals surface area contributed by atoms with Crippen molar-refractivity contribution in [3.8, 4) is 5.75 Å². The lowest BCUT2D eigenvalue weighted by atomic mass is 9.82. The number of pyridine rings is 1. The van der Waals surface area contributed by atoms with Crippen LogP contribution < -0.4 is 15.6 Å². The van der Waals surface area contributed by atoms with Crippen LogP contribution >= 0.6 is 0 Å². The molecule has 1 aliphatic heterocycles. The van der Waals surface area contributed by atoms with Crippen LogP contribution in [0.2, 0.25) is 0 Å². The van der Waals surface area contributed by atoms with E-state index in [9.17, 15) is 23.2 Å². The highest BCUT2D eigenvalue weighted by molar-refractivity contribution is 6.03. The number of ether oxygens (including phenoxy) is 1. The lowest BCUT2D eigenvalue weighted by Crippen LogP contribution is -2.46. The Labute approximate surface area is 219 Å². The van der Waals surface area contributed by atoms with Crippen LogP contribution in [0.15, 0.2) is 29.2 Å². The van der Waals surface area contributed by atoms with Gasteiger partial charge in [-0.1, -0.05) is 6.92 Å². The second-order valence-corrected chi connectivity index (χ2v) is 10.0. The van der Waals surface area contributed by atoms with Gasteiger partial charge < -0.3 is 19.9 Å². The molecule has 0 bridgehead atoms. The van der Waals surface area contributed by atoms with E-state index < -0.39 is 11.8 Å². The molecule has 1 aliphatic rings. The van der Waals surface area contributed by atoms with E-state index in [2.05, 4.69) is 15.4 Å². The molecule has 204 valence electrons. The maximum atomic E-state index is 13.5. The molecule has 1 atom stereocenters. The van der Waals surface area contributed by atoms with Crippen molar-refractivity contribution in [2.75, 3.05) is 20.2 Å². The summed E-state index contributed by atoms with van der Waals surface area (Å²) < 4.78 is 34.1. The van der Waals surface area contributed by atoms with Gasteiger partial charge in [-0.05, 0) is 56.4 Å². The van der Waals surface area contributed by atoms with Gasteiger partial charge in [-0.3, -0.25) is 14.4 Å². The zero-order valence-electron chi connectivity index (χ0n) is 22.2. The monoisotopic (exact) mass is 529 g/mol. The zero-order valence-corrected chi connectivity index (χ0v) is 22.2. The van der Waals surface area contributed by atoms with E-state index in [-0.39, 0.29) is 42.9 Å². The van der Waals surface area contributed by atoms with Crippen LogP contribution in [0, 0.1) is 19.8 Å². The first-order chi connectivity index (χ1) is 17.9. The number of carbonyl (C=O) groups is 2. The van der Waals surface area contributed by atoms with E-state index in [1.165, 1.54) is 12.0 Å². The summed E-state index contributed by atoms with van der Waals surface area (Å²) in [6.45, 7) is 6.78. The van der Waals surface area contributed by atoms with Crippen molar-refractivity contribution in [1.82, 2.24) is 24.8 Å².